The third-order valence-corrected chi connectivity index (χ3v) is 7.19. The lowest BCUT2D eigenvalue weighted by molar-refractivity contribution is -0.143. The van der Waals surface area contributed by atoms with Gasteiger partial charge in [-0.15, -0.1) is 11.8 Å². The third-order valence-electron chi connectivity index (χ3n) is 5.72. The second-order valence-electron chi connectivity index (χ2n) is 7.41. The molecule has 3 heterocycles. The van der Waals surface area contributed by atoms with Crippen molar-refractivity contribution in [2.45, 2.75) is 31.1 Å². The van der Waals surface area contributed by atoms with E-state index in [2.05, 4.69) is 71.6 Å². The van der Waals surface area contributed by atoms with E-state index in [1.165, 1.54) is 33.0 Å². The zero-order valence-corrected chi connectivity index (χ0v) is 17.2. The van der Waals surface area contributed by atoms with E-state index >= 15 is 0 Å². The number of ether oxygens (including phenoxy) is 1. The number of thioether (sulfide) groups is 1. The Balaban J connectivity index is 1.67. The molecule has 0 unspecified atom stereocenters. The summed E-state index contributed by atoms with van der Waals surface area (Å²) in [6.45, 7) is 2.29. The van der Waals surface area contributed by atoms with Crippen molar-refractivity contribution in [3.05, 3.63) is 95.3 Å². The predicted molar refractivity (Wildman–Crippen MR) is 119 cm³/mol. The van der Waals surface area contributed by atoms with Gasteiger partial charge in [-0.1, -0.05) is 66.7 Å². The fourth-order valence-electron chi connectivity index (χ4n) is 4.48. The molecule has 0 saturated heterocycles. The summed E-state index contributed by atoms with van der Waals surface area (Å²) in [4.78, 5) is 16.5. The van der Waals surface area contributed by atoms with Crippen LogP contribution in [0.25, 0.3) is 10.5 Å². The fraction of sp³-hybridized carbons (Fsp3) is 0.240. The summed E-state index contributed by atoms with van der Waals surface area (Å²) in [5, 5.41) is -0.232. The maximum absolute atomic E-state index is 12.9. The minimum Gasteiger partial charge on any atom is -0.465 e. The summed E-state index contributed by atoms with van der Waals surface area (Å²) in [5.41, 5.74) is 6.29. The van der Waals surface area contributed by atoms with Crippen LogP contribution in [0.2, 0.25) is 0 Å². The molecule has 0 spiro atoms. The van der Waals surface area contributed by atoms with Gasteiger partial charge in [-0.25, -0.2) is 0 Å². The number of benzene rings is 2. The lowest BCUT2D eigenvalue weighted by atomic mass is 9.99. The Morgan fingerprint density at radius 2 is 1.76 bits per heavy atom. The number of hydrogen-bond donors (Lipinski definition) is 0. The van der Waals surface area contributed by atoms with Gasteiger partial charge in [0.1, 0.15) is 5.25 Å². The van der Waals surface area contributed by atoms with Crippen LogP contribution in [-0.4, -0.2) is 28.8 Å². The molecule has 0 saturated carbocycles. The summed E-state index contributed by atoms with van der Waals surface area (Å²) >= 11 is 1.68. The van der Waals surface area contributed by atoms with Crippen LogP contribution in [0, 0.1) is 0 Å². The van der Waals surface area contributed by atoms with Gasteiger partial charge < -0.3 is 9.64 Å². The number of allylic oxidation sites excluding steroid dienone is 2. The van der Waals surface area contributed by atoms with Crippen LogP contribution in [0.3, 0.4) is 0 Å². The van der Waals surface area contributed by atoms with Gasteiger partial charge in [-0.05, 0) is 36.1 Å². The molecular weight excluding hydrogens is 378 g/mol. The summed E-state index contributed by atoms with van der Waals surface area (Å²) in [5.74, 6) is -0.113. The van der Waals surface area contributed by atoms with Crippen molar-refractivity contribution in [3.8, 4) is 0 Å². The van der Waals surface area contributed by atoms with E-state index < -0.39 is 0 Å². The number of hydrogen-bond acceptors (Lipinski definition) is 4. The highest BCUT2D eigenvalue weighted by atomic mass is 32.2. The molecule has 146 valence electrons. The van der Waals surface area contributed by atoms with E-state index in [1.54, 1.807) is 11.8 Å². The molecule has 0 fully saturated rings. The van der Waals surface area contributed by atoms with Gasteiger partial charge in [-0.2, -0.15) is 0 Å². The number of carbonyl (C=O) groups is 1. The van der Waals surface area contributed by atoms with E-state index in [1.807, 2.05) is 13.0 Å². The van der Waals surface area contributed by atoms with Gasteiger partial charge in [0.15, 0.2) is 0 Å². The normalized spacial score (nSPS) is 22.7. The summed E-state index contributed by atoms with van der Waals surface area (Å²) in [7, 11) is 0. The Hall–Kier alpha value is -2.72. The Bertz CT molecular complexity index is 1020. The molecule has 0 aliphatic carbocycles. The van der Waals surface area contributed by atoms with Crippen molar-refractivity contribution in [2.75, 3.05) is 6.61 Å². The topological polar surface area (TPSA) is 29.5 Å². The highest BCUT2D eigenvalue weighted by Gasteiger charge is 2.46. The maximum atomic E-state index is 12.9. The van der Waals surface area contributed by atoms with Gasteiger partial charge in [-0.3, -0.25) is 4.79 Å². The van der Waals surface area contributed by atoms with Gasteiger partial charge >= 0.3 is 5.97 Å². The quantitative estimate of drug-likeness (QED) is 0.635. The fourth-order valence-corrected chi connectivity index (χ4v) is 5.87. The molecule has 0 amide bonds. The molecule has 3 aliphatic heterocycles. The van der Waals surface area contributed by atoms with Crippen LogP contribution in [-0.2, 0) is 9.53 Å². The van der Waals surface area contributed by atoms with Gasteiger partial charge in [0, 0.05) is 22.7 Å². The lowest BCUT2D eigenvalue weighted by Crippen LogP contribution is -2.47. The first-order chi connectivity index (χ1) is 14.3. The Labute approximate surface area is 175 Å². The summed E-state index contributed by atoms with van der Waals surface area (Å²) in [6.07, 6.45) is 6.18. The molecule has 4 heteroatoms. The van der Waals surface area contributed by atoms with E-state index in [9.17, 15) is 4.79 Å². The molecule has 3 aliphatic rings. The number of carbonyl (C=O) groups excluding carboxylic acids is 1. The lowest BCUT2D eigenvalue weighted by Gasteiger charge is -2.43. The van der Waals surface area contributed by atoms with Crippen LogP contribution in [0.4, 0.5) is 0 Å². The SMILES string of the molecule is CCOC(=O)[C@@H]1SC(c2ccccc2)=C2CC(c3ccccc3)=C3C=CC[C@@H]1N32. The predicted octanol–water partition coefficient (Wildman–Crippen LogP) is 5.48. The summed E-state index contributed by atoms with van der Waals surface area (Å²) in [6, 6.07) is 21.1. The summed E-state index contributed by atoms with van der Waals surface area (Å²) < 4.78 is 5.47. The zero-order chi connectivity index (χ0) is 19.8. The van der Waals surface area contributed by atoms with Crippen molar-refractivity contribution in [1.82, 2.24) is 4.90 Å². The van der Waals surface area contributed by atoms with Crippen LogP contribution in [0.5, 0.6) is 0 Å². The van der Waals surface area contributed by atoms with Crippen molar-refractivity contribution < 1.29 is 9.53 Å². The van der Waals surface area contributed by atoms with Crippen molar-refractivity contribution in [2.24, 2.45) is 0 Å². The molecule has 2 aromatic carbocycles. The number of nitrogens with zero attached hydrogens (tertiary/aromatic N) is 1. The van der Waals surface area contributed by atoms with E-state index in [-0.39, 0.29) is 17.3 Å². The van der Waals surface area contributed by atoms with Gasteiger partial charge in [0.25, 0.3) is 0 Å². The Morgan fingerprint density at radius 1 is 1.07 bits per heavy atom. The van der Waals surface area contributed by atoms with Crippen molar-refractivity contribution in [3.63, 3.8) is 0 Å². The first kappa shape index (κ1) is 18.3. The molecular formula is C25H23NO2S. The van der Waals surface area contributed by atoms with Crippen molar-refractivity contribution in [1.29, 1.82) is 0 Å². The second kappa shape index (κ2) is 7.60. The molecule has 0 radical (unpaired) electrons. The maximum Gasteiger partial charge on any atom is 0.321 e. The Morgan fingerprint density at radius 3 is 2.45 bits per heavy atom. The zero-order valence-electron chi connectivity index (χ0n) is 16.4. The van der Waals surface area contributed by atoms with Gasteiger partial charge in [0.05, 0.1) is 12.6 Å². The smallest absolute Gasteiger partial charge is 0.321 e. The van der Waals surface area contributed by atoms with Crippen molar-refractivity contribution >= 4 is 28.2 Å². The van der Waals surface area contributed by atoms with Crippen LogP contribution < -0.4 is 0 Å². The third kappa shape index (κ3) is 3.12. The molecule has 0 aromatic heterocycles. The monoisotopic (exact) mass is 401 g/mol. The number of esters is 1. The second-order valence-corrected chi connectivity index (χ2v) is 8.57. The minimum atomic E-state index is -0.232. The first-order valence-corrected chi connectivity index (χ1v) is 11.0. The molecule has 2 aromatic rings. The average molecular weight is 402 g/mol. The minimum absolute atomic E-state index is 0.0997. The first-order valence-electron chi connectivity index (χ1n) is 10.1. The average Bonchev–Trinajstić information content (AvgIpc) is 3.16. The standard InChI is InChI=1S/C25H23NO2S/c1-2-28-25(27)24-21-15-9-14-20-19(17-10-5-3-6-11-17)16-22(26(20)21)23(29-24)18-12-7-4-8-13-18/h3-14,21,24H,2,15-16H2,1H3/t21-,24+/m0/s1. The van der Waals surface area contributed by atoms with Crippen LogP contribution >= 0.6 is 11.8 Å². The molecule has 0 bridgehead atoms. The van der Waals surface area contributed by atoms with E-state index in [0.717, 1.165) is 12.8 Å². The highest BCUT2D eigenvalue weighted by Crippen LogP contribution is 2.53. The molecule has 0 N–H and O–H groups in total. The molecule has 29 heavy (non-hydrogen) atoms. The van der Waals surface area contributed by atoms with E-state index in [4.69, 9.17) is 4.74 Å². The van der Waals surface area contributed by atoms with Gasteiger partial charge in [0.2, 0.25) is 0 Å². The molecule has 2 atom stereocenters. The van der Waals surface area contributed by atoms with Crippen LogP contribution in [0.15, 0.2) is 84.2 Å². The Kier molecular flexibility index (Phi) is 4.80. The largest absolute Gasteiger partial charge is 0.465 e. The number of rotatable bonds is 4. The molecule has 3 nitrogen and oxygen atoms in total. The van der Waals surface area contributed by atoms with E-state index in [0.29, 0.717) is 6.61 Å². The molecule has 5 rings (SSSR count). The highest BCUT2D eigenvalue weighted by molar-refractivity contribution is 8.09. The van der Waals surface area contributed by atoms with Crippen LogP contribution in [0.1, 0.15) is 30.9 Å².